The van der Waals surface area contributed by atoms with Gasteiger partial charge in [-0.1, -0.05) is 29.3 Å². The van der Waals surface area contributed by atoms with Crippen molar-refractivity contribution >= 4 is 51.6 Å². The standard InChI is InChI=1S/C21H17Cl2FN4O2/c1-10-15(16(8-19(29)26-10)14-3-2-12(22)5-18(14)24)7-20(30)27-13-4-11-9-25-28-21(11)17(23)6-13/h2-6,9,16H,7-8H2,1H3,(H,25,28)(H,26,29)(H,27,30). The highest BCUT2D eigenvalue weighted by Crippen LogP contribution is 2.37. The first-order valence-electron chi connectivity index (χ1n) is 9.18. The molecule has 9 heteroatoms. The molecule has 4 rings (SSSR count). The van der Waals surface area contributed by atoms with Gasteiger partial charge in [-0.15, -0.1) is 0 Å². The van der Waals surface area contributed by atoms with Crippen molar-refractivity contribution < 1.29 is 14.0 Å². The van der Waals surface area contributed by atoms with Gasteiger partial charge >= 0.3 is 0 Å². The third-order valence-corrected chi connectivity index (χ3v) is 5.63. The molecule has 2 amide bonds. The largest absolute Gasteiger partial charge is 0.330 e. The number of halogens is 3. The van der Waals surface area contributed by atoms with E-state index >= 15 is 0 Å². The summed E-state index contributed by atoms with van der Waals surface area (Å²) in [5, 5.41) is 13.7. The Labute approximate surface area is 181 Å². The quantitative estimate of drug-likeness (QED) is 0.531. The molecule has 1 unspecified atom stereocenters. The minimum absolute atomic E-state index is 0.0140. The van der Waals surface area contributed by atoms with E-state index in [0.29, 0.717) is 33.1 Å². The summed E-state index contributed by atoms with van der Waals surface area (Å²) in [5.74, 6) is -1.60. The molecule has 0 radical (unpaired) electrons. The number of nitrogens with zero attached hydrogens (tertiary/aromatic N) is 1. The molecule has 0 bridgehead atoms. The zero-order valence-electron chi connectivity index (χ0n) is 15.9. The van der Waals surface area contributed by atoms with Gasteiger partial charge in [0.15, 0.2) is 0 Å². The fraction of sp³-hybridized carbons (Fsp3) is 0.190. The number of nitrogens with one attached hydrogen (secondary N) is 3. The fourth-order valence-electron chi connectivity index (χ4n) is 3.71. The number of hydrogen-bond donors (Lipinski definition) is 3. The highest BCUT2D eigenvalue weighted by atomic mass is 35.5. The van der Waals surface area contributed by atoms with E-state index in [1.54, 1.807) is 37.4 Å². The van der Waals surface area contributed by atoms with Crippen LogP contribution in [0.4, 0.5) is 10.1 Å². The number of rotatable bonds is 4. The Bertz CT molecular complexity index is 1200. The van der Waals surface area contributed by atoms with Crippen LogP contribution in [-0.4, -0.2) is 22.0 Å². The number of anilines is 1. The Hall–Kier alpha value is -2.90. The second-order valence-corrected chi connectivity index (χ2v) is 7.98. The van der Waals surface area contributed by atoms with Gasteiger partial charge in [0.05, 0.1) is 23.2 Å². The van der Waals surface area contributed by atoms with Crippen LogP contribution in [0.3, 0.4) is 0 Å². The molecule has 1 aromatic heterocycles. The van der Waals surface area contributed by atoms with E-state index in [0.717, 1.165) is 5.39 Å². The Morgan fingerprint density at radius 1 is 1.30 bits per heavy atom. The molecule has 1 aliphatic heterocycles. The van der Waals surface area contributed by atoms with Crippen molar-refractivity contribution in [2.24, 2.45) is 0 Å². The maximum absolute atomic E-state index is 14.5. The van der Waals surface area contributed by atoms with Crippen LogP contribution >= 0.6 is 23.2 Å². The molecule has 2 heterocycles. The van der Waals surface area contributed by atoms with Gasteiger partial charge in [0.1, 0.15) is 5.82 Å². The Kier molecular flexibility index (Phi) is 5.49. The minimum atomic E-state index is -0.554. The number of carbonyl (C=O) groups excluding carboxylic acids is 2. The lowest BCUT2D eigenvalue weighted by molar-refractivity contribution is -0.121. The molecule has 0 saturated carbocycles. The van der Waals surface area contributed by atoms with Crippen molar-refractivity contribution in [1.82, 2.24) is 15.5 Å². The van der Waals surface area contributed by atoms with Crippen LogP contribution in [0.5, 0.6) is 0 Å². The number of allylic oxidation sites excluding steroid dienone is 1. The highest BCUT2D eigenvalue weighted by Gasteiger charge is 2.30. The lowest BCUT2D eigenvalue weighted by Crippen LogP contribution is -2.32. The third-order valence-electron chi connectivity index (χ3n) is 5.09. The molecule has 0 spiro atoms. The van der Waals surface area contributed by atoms with Gasteiger partial charge < -0.3 is 10.6 Å². The summed E-state index contributed by atoms with van der Waals surface area (Å²) < 4.78 is 14.5. The van der Waals surface area contributed by atoms with Gasteiger partial charge in [-0.3, -0.25) is 14.7 Å². The summed E-state index contributed by atoms with van der Waals surface area (Å²) in [6, 6.07) is 7.71. The van der Waals surface area contributed by atoms with Crippen LogP contribution in [0.25, 0.3) is 10.9 Å². The van der Waals surface area contributed by atoms with E-state index in [1.165, 1.54) is 6.07 Å². The highest BCUT2D eigenvalue weighted by molar-refractivity contribution is 6.35. The van der Waals surface area contributed by atoms with Crippen LogP contribution in [-0.2, 0) is 9.59 Å². The molecular weight excluding hydrogens is 430 g/mol. The minimum Gasteiger partial charge on any atom is -0.330 e. The summed E-state index contributed by atoms with van der Waals surface area (Å²) in [7, 11) is 0. The molecule has 3 N–H and O–H groups in total. The topological polar surface area (TPSA) is 86.9 Å². The van der Waals surface area contributed by atoms with Crippen molar-refractivity contribution in [3.63, 3.8) is 0 Å². The van der Waals surface area contributed by atoms with E-state index in [-0.39, 0.29) is 29.7 Å². The first-order valence-corrected chi connectivity index (χ1v) is 9.94. The fourth-order valence-corrected chi connectivity index (χ4v) is 4.14. The molecule has 0 aliphatic carbocycles. The lowest BCUT2D eigenvalue weighted by Gasteiger charge is -2.28. The maximum Gasteiger partial charge on any atom is 0.228 e. The predicted molar refractivity (Wildman–Crippen MR) is 114 cm³/mol. The van der Waals surface area contributed by atoms with Gasteiger partial charge in [0, 0.05) is 34.1 Å². The molecule has 6 nitrogen and oxygen atoms in total. The normalized spacial score (nSPS) is 16.7. The first-order chi connectivity index (χ1) is 14.3. The lowest BCUT2D eigenvalue weighted by atomic mass is 9.82. The van der Waals surface area contributed by atoms with E-state index in [4.69, 9.17) is 23.2 Å². The number of aromatic nitrogens is 2. The number of H-pyrrole nitrogens is 1. The Morgan fingerprint density at radius 2 is 2.10 bits per heavy atom. The summed E-state index contributed by atoms with van der Waals surface area (Å²) in [6.45, 7) is 1.70. The van der Waals surface area contributed by atoms with Gasteiger partial charge in [-0.05, 0) is 42.3 Å². The van der Waals surface area contributed by atoms with Crippen molar-refractivity contribution in [2.45, 2.75) is 25.7 Å². The van der Waals surface area contributed by atoms with Gasteiger partial charge in [0.25, 0.3) is 0 Å². The zero-order valence-corrected chi connectivity index (χ0v) is 17.4. The third kappa shape index (κ3) is 4.04. The smallest absolute Gasteiger partial charge is 0.228 e. The summed E-state index contributed by atoms with van der Waals surface area (Å²) in [5.41, 5.74) is 2.72. The molecule has 3 aromatic rings. The second kappa shape index (κ2) is 8.08. The molecule has 1 aliphatic rings. The van der Waals surface area contributed by atoms with E-state index in [2.05, 4.69) is 20.8 Å². The number of aromatic amines is 1. The van der Waals surface area contributed by atoms with Crippen LogP contribution in [0.1, 0.15) is 31.2 Å². The van der Waals surface area contributed by atoms with Crippen molar-refractivity contribution in [1.29, 1.82) is 0 Å². The molecule has 0 fully saturated rings. The maximum atomic E-state index is 14.5. The number of fused-ring (bicyclic) bond motifs is 1. The number of amides is 2. The average Bonchev–Trinajstić information content (AvgIpc) is 3.13. The van der Waals surface area contributed by atoms with Gasteiger partial charge in [0.2, 0.25) is 11.8 Å². The first kappa shape index (κ1) is 20.4. The summed E-state index contributed by atoms with van der Waals surface area (Å²) in [4.78, 5) is 24.8. The number of benzene rings is 2. The Balaban J connectivity index is 1.60. The molecule has 1 atom stereocenters. The summed E-state index contributed by atoms with van der Waals surface area (Å²) in [6.07, 6.45) is 1.64. The van der Waals surface area contributed by atoms with Crippen molar-refractivity contribution in [3.8, 4) is 0 Å². The molecule has 154 valence electrons. The van der Waals surface area contributed by atoms with Gasteiger partial charge in [-0.2, -0.15) is 5.10 Å². The number of carbonyl (C=O) groups is 2. The van der Waals surface area contributed by atoms with Crippen molar-refractivity contribution in [2.75, 3.05) is 5.32 Å². The monoisotopic (exact) mass is 446 g/mol. The van der Waals surface area contributed by atoms with E-state index in [9.17, 15) is 14.0 Å². The van der Waals surface area contributed by atoms with Gasteiger partial charge in [-0.25, -0.2) is 4.39 Å². The molecule has 0 saturated heterocycles. The average molecular weight is 447 g/mol. The zero-order chi connectivity index (χ0) is 21.4. The number of hydrogen-bond acceptors (Lipinski definition) is 3. The van der Waals surface area contributed by atoms with E-state index in [1.807, 2.05) is 0 Å². The van der Waals surface area contributed by atoms with Crippen LogP contribution in [0.15, 0.2) is 47.8 Å². The Morgan fingerprint density at radius 3 is 2.87 bits per heavy atom. The van der Waals surface area contributed by atoms with Crippen LogP contribution < -0.4 is 10.6 Å². The predicted octanol–water partition coefficient (Wildman–Crippen LogP) is 4.92. The van der Waals surface area contributed by atoms with Crippen molar-refractivity contribution in [3.05, 3.63) is 69.2 Å². The molecule has 30 heavy (non-hydrogen) atoms. The summed E-state index contributed by atoms with van der Waals surface area (Å²) >= 11 is 12.1. The SMILES string of the molecule is CC1=C(CC(=O)Nc2cc(Cl)c3[nH]ncc3c2)C(c2ccc(Cl)cc2F)CC(=O)N1. The van der Waals surface area contributed by atoms with E-state index < -0.39 is 11.7 Å². The van der Waals surface area contributed by atoms with Crippen LogP contribution in [0, 0.1) is 5.82 Å². The molecular formula is C21H17Cl2FN4O2. The second-order valence-electron chi connectivity index (χ2n) is 7.14. The van der Waals surface area contributed by atoms with Crippen LogP contribution in [0.2, 0.25) is 10.0 Å². The molecule has 2 aromatic carbocycles.